The maximum absolute atomic E-state index is 11.3. The molecule has 0 saturated carbocycles. The summed E-state index contributed by atoms with van der Waals surface area (Å²) in [5, 5.41) is 9.42. The normalized spacial score (nSPS) is 42.8. The summed E-state index contributed by atoms with van der Waals surface area (Å²) >= 11 is 0. The molecule has 5 nitrogen and oxygen atoms in total. The van der Waals surface area contributed by atoms with Crippen LogP contribution in [0.5, 0.6) is 0 Å². The summed E-state index contributed by atoms with van der Waals surface area (Å²) in [6.45, 7) is 1.64. The van der Waals surface area contributed by atoms with Gasteiger partial charge in [-0.1, -0.05) is 0 Å². The molecular weight excluding hydrogens is 200 g/mol. The molecule has 0 bridgehead atoms. The highest BCUT2D eigenvalue weighted by Gasteiger charge is 2.45. The fourth-order valence-corrected chi connectivity index (χ4v) is 1.50. The lowest BCUT2D eigenvalue weighted by atomic mass is 10.1. The molecule has 1 N–H and O–H groups in total. The third-order valence-electron chi connectivity index (χ3n) is 2.41. The van der Waals surface area contributed by atoms with Gasteiger partial charge in [0.05, 0.1) is 0 Å². The highest BCUT2D eigenvalue weighted by Crippen LogP contribution is 2.26. The summed E-state index contributed by atoms with van der Waals surface area (Å²) in [5.41, 5.74) is 0. The van der Waals surface area contributed by atoms with E-state index in [9.17, 15) is 14.7 Å². The van der Waals surface area contributed by atoms with E-state index in [0.29, 0.717) is 0 Å². The van der Waals surface area contributed by atoms with Crippen molar-refractivity contribution >= 4 is 11.8 Å². The Hall–Kier alpha value is -1.20. The summed E-state index contributed by atoms with van der Waals surface area (Å²) in [5.74, 6) is -0.812. The van der Waals surface area contributed by atoms with Crippen molar-refractivity contribution in [2.24, 2.45) is 0 Å². The van der Waals surface area contributed by atoms with Gasteiger partial charge >= 0.3 is 5.97 Å². The lowest BCUT2D eigenvalue weighted by Crippen LogP contribution is -2.29. The number of hydrogen-bond donors (Lipinski definition) is 1. The zero-order valence-electron chi connectivity index (χ0n) is 8.25. The smallest absolute Gasteiger partial charge is 0.338 e. The van der Waals surface area contributed by atoms with Crippen LogP contribution in [-0.2, 0) is 19.1 Å². The van der Waals surface area contributed by atoms with E-state index in [4.69, 9.17) is 9.47 Å². The van der Waals surface area contributed by atoms with E-state index in [0.717, 1.165) is 0 Å². The number of epoxide rings is 1. The Kier molecular flexibility index (Phi) is 2.58. The highest BCUT2D eigenvalue weighted by atomic mass is 16.6. The Balaban J connectivity index is 2.12. The van der Waals surface area contributed by atoms with Crippen LogP contribution in [0.15, 0.2) is 12.2 Å². The number of hydrogen-bond acceptors (Lipinski definition) is 5. The first-order chi connectivity index (χ1) is 7.08. The Morgan fingerprint density at radius 1 is 1.47 bits per heavy atom. The molecular formula is C10H12O5. The molecule has 0 amide bonds. The minimum atomic E-state index is -1.11. The van der Waals surface area contributed by atoms with Crippen molar-refractivity contribution < 1.29 is 24.2 Å². The Labute approximate surface area is 86.7 Å². The molecule has 0 aromatic carbocycles. The predicted octanol–water partition coefficient (Wildman–Crippen LogP) is -0.425. The van der Waals surface area contributed by atoms with E-state index < -0.39 is 24.3 Å². The van der Waals surface area contributed by atoms with Crippen LogP contribution in [0.1, 0.15) is 13.3 Å². The molecule has 2 heterocycles. The van der Waals surface area contributed by atoms with Gasteiger partial charge in [-0.2, -0.15) is 0 Å². The maximum atomic E-state index is 11.3. The van der Waals surface area contributed by atoms with Gasteiger partial charge in [0, 0.05) is 6.42 Å². The van der Waals surface area contributed by atoms with Crippen LogP contribution < -0.4 is 0 Å². The van der Waals surface area contributed by atoms with Crippen molar-refractivity contribution in [3.05, 3.63) is 12.2 Å². The minimum Gasteiger partial charge on any atom is -0.461 e. The number of aliphatic hydroxyl groups excluding tert-OH is 1. The number of carbonyl (C=O) groups is 2. The Bertz CT molecular complexity index is 322. The third-order valence-corrected chi connectivity index (χ3v) is 2.41. The lowest BCUT2D eigenvalue weighted by molar-refractivity contribution is -0.151. The molecule has 0 aliphatic carbocycles. The number of rotatable bonds is 0. The van der Waals surface area contributed by atoms with Crippen LogP contribution in [0, 0.1) is 0 Å². The minimum absolute atomic E-state index is 0.117. The van der Waals surface area contributed by atoms with Gasteiger partial charge in [0.1, 0.15) is 18.3 Å². The number of cyclic esters (lactones) is 1. The fourth-order valence-electron chi connectivity index (χ4n) is 1.50. The highest BCUT2D eigenvalue weighted by molar-refractivity contribution is 5.93. The van der Waals surface area contributed by atoms with E-state index >= 15 is 0 Å². The zero-order chi connectivity index (χ0) is 11.0. The van der Waals surface area contributed by atoms with E-state index in [1.54, 1.807) is 6.92 Å². The second-order valence-corrected chi connectivity index (χ2v) is 3.78. The van der Waals surface area contributed by atoms with Crippen LogP contribution in [-0.4, -0.2) is 41.3 Å². The van der Waals surface area contributed by atoms with E-state index in [1.807, 2.05) is 0 Å². The van der Waals surface area contributed by atoms with Gasteiger partial charge in [-0.3, -0.25) is 4.79 Å². The van der Waals surface area contributed by atoms with Gasteiger partial charge in [0.2, 0.25) is 0 Å². The van der Waals surface area contributed by atoms with E-state index in [-0.39, 0.29) is 18.3 Å². The first kappa shape index (κ1) is 10.3. The first-order valence-electron chi connectivity index (χ1n) is 4.84. The molecule has 4 atom stereocenters. The first-order valence-corrected chi connectivity index (χ1v) is 4.84. The Morgan fingerprint density at radius 3 is 2.93 bits per heavy atom. The number of fused-ring (bicyclic) bond motifs is 1. The topological polar surface area (TPSA) is 76.1 Å². The molecule has 15 heavy (non-hydrogen) atoms. The van der Waals surface area contributed by atoms with Crippen molar-refractivity contribution in [2.75, 3.05) is 0 Å². The summed E-state index contributed by atoms with van der Waals surface area (Å²) in [7, 11) is 0. The largest absolute Gasteiger partial charge is 0.461 e. The summed E-state index contributed by atoms with van der Waals surface area (Å²) in [6, 6.07) is 0. The molecule has 1 saturated heterocycles. The van der Waals surface area contributed by atoms with Crippen LogP contribution in [0.2, 0.25) is 0 Å². The molecule has 0 aromatic rings. The summed E-state index contributed by atoms with van der Waals surface area (Å²) in [6.07, 6.45) is 0.318. The number of ketones is 1. The maximum Gasteiger partial charge on any atom is 0.338 e. The molecule has 1 fully saturated rings. The van der Waals surface area contributed by atoms with Crippen molar-refractivity contribution in [2.45, 2.75) is 37.8 Å². The molecule has 0 aromatic heterocycles. The van der Waals surface area contributed by atoms with Gasteiger partial charge in [-0.25, -0.2) is 4.79 Å². The van der Waals surface area contributed by atoms with Gasteiger partial charge in [0.25, 0.3) is 0 Å². The summed E-state index contributed by atoms with van der Waals surface area (Å²) < 4.78 is 9.99. The number of ether oxygens (including phenoxy) is 2. The van der Waals surface area contributed by atoms with Gasteiger partial charge in [0.15, 0.2) is 11.9 Å². The van der Waals surface area contributed by atoms with Gasteiger partial charge in [-0.05, 0) is 19.1 Å². The molecule has 0 unspecified atom stereocenters. The Morgan fingerprint density at radius 2 is 2.20 bits per heavy atom. The standard InChI is InChI=1S/C10H12O5/c1-5-4-7(12)6(11)2-3-8-9(15-8)10(13)14-5/h2-3,5,7-9,12H,4H2,1H3/b3-2+/t5-,7-,8-,9-/m1/s1. The molecule has 0 radical (unpaired) electrons. The molecule has 2 aliphatic rings. The average Bonchev–Trinajstić information content (AvgIpc) is 2.91. The number of esters is 1. The molecule has 82 valence electrons. The quantitative estimate of drug-likeness (QED) is 0.436. The van der Waals surface area contributed by atoms with Crippen molar-refractivity contribution in [3.8, 4) is 0 Å². The fraction of sp³-hybridized carbons (Fsp3) is 0.600. The summed E-state index contributed by atoms with van der Waals surface area (Å²) in [4.78, 5) is 22.6. The average molecular weight is 212 g/mol. The number of carbonyl (C=O) groups excluding carboxylic acids is 2. The van der Waals surface area contributed by atoms with Crippen LogP contribution >= 0.6 is 0 Å². The van der Waals surface area contributed by atoms with Crippen molar-refractivity contribution in [1.82, 2.24) is 0 Å². The molecule has 5 heteroatoms. The molecule has 2 aliphatic heterocycles. The second kappa shape index (κ2) is 3.75. The zero-order valence-corrected chi connectivity index (χ0v) is 8.25. The van der Waals surface area contributed by atoms with Crippen LogP contribution in [0.25, 0.3) is 0 Å². The molecule has 0 spiro atoms. The third kappa shape index (κ3) is 2.24. The van der Waals surface area contributed by atoms with Gasteiger partial charge < -0.3 is 14.6 Å². The lowest BCUT2D eigenvalue weighted by Gasteiger charge is -2.15. The van der Waals surface area contributed by atoms with E-state index in [2.05, 4.69) is 0 Å². The van der Waals surface area contributed by atoms with Gasteiger partial charge in [-0.15, -0.1) is 0 Å². The molecule has 2 rings (SSSR count). The second-order valence-electron chi connectivity index (χ2n) is 3.78. The van der Waals surface area contributed by atoms with E-state index in [1.165, 1.54) is 12.2 Å². The SMILES string of the molecule is C[C@@H]1C[C@@H](O)C(=O)/C=C/[C@H]2O[C@H]2C(=O)O1. The number of aliphatic hydroxyl groups is 1. The predicted molar refractivity (Wildman–Crippen MR) is 49.0 cm³/mol. The van der Waals surface area contributed by atoms with Crippen molar-refractivity contribution in [1.29, 1.82) is 0 Å². The van der Waals surface area contributed by atoms with Crippen molar-refractivity contribution in [3.63, 3.8) is 0 Å². The monoisotopic (exact) mass is 212 g/mol. The van der Waals surface area contributed by atoms with Crippen LogP contribution in [0.3, 0.4) is 0 Å². The van der Waals surface area contributed by atoms with Crippen LogP contribution in [0.4, 0.5) is 0 Å².